The average Bonchev–Trinajstić information content (AvgIpc) is 2.49. The minimum absolute atomic E-state index is 0.268. The Morgan fingerprint density at radius 2 is 2.14 bits per heavy atom. The second kappa shape index (κ2) is 10.5. The Morgan fingerprint density at radius 3 is 2.77 bits per heavy atom. The van der Waals surface area contributed by atoms with Crippen LogP contribution in [0.4, 0.5) is 0 Å². The van der Waals surface area contributed by atoms with Crippen molar-refractivity contribution >= 4 is 39.2 Å². The Kier molecular flexibility index (Phi) is 9.03. The van der Waals surface area contributed by atoms with Gasteiger partial charge in [-0.05, 0) is 52.8 Å². The number of amides is 1. The number of halogens is 1. The van der Waals surface area contributed by atoms with Crippen LogP contribution in [0.3, 0.4) is 0 Å². The van der Waals surface area contributed by atoms with Gasteiger partial charge in [0.25, 0.3) is 5.91 Å². The zero-order chi connectivity index (χ0) is 16.4. The first kappa shape index (κ1) is 18.9. The van der Waals surface area contributed by atoms with Gasteiger partial charge in [0.05, 0.1) is 17.7 Å². The van der Waals surface area contributed by atoms with Crippen LogP contribution >= 0.6 is 28.1 Å². The molecule has 2 N–H and O–H groups in total. The number of unbranched alkanes of at least 4 members (excludes halogenated alkanes) is 1. The predicted molar refractivity (Wildman–Crippen MR) is 94.5 cm³/mol. The molecule has 1 aromatic carbocycles. The molecule has 1 amide bonds. The molecular formula is C15H21BrN2O3S. The fraction of sp³-hybridized carbons (Fsp3) is 0.467. The number of hydrogen-bond donors (Lipinski definition) is 2. The van der Waals surface area contributed by atoms with Crippen LogP contribution < -0.4 is 15.4 Å². The summed E-state index contributed by atoms with van der Waals surface area (Å²) >= 11 is 8.45. The lowest BCUT2D eigenvalue weighted by molar-refractivity contribution is 0.0976. The number of methoxy groups -OCH3 is 1. The Hall–Kier alpha value is -1.18. The van der Waals surface area contributed by atoms with E-state index < -0.39 is 0 Å². The summed E-state index contributed by atoms with van der Waals surface area (Å²) in [4.78, 5) is 12.1. The number of rotatable bonds is 8. The van der Waals surface area contributed by atoms with E-state index in [1.54, 1.807) is 25.3 Å². The quantitative estimate of drug-likeness (QED) is 0.529. The largest absolute Gasteiger partial charge is 0.492 e. The van der Waals surface area contributed by atoms with Gasteiger partial charge < -0.3 is 14.8 Å². The molecule has 0 saturated carbocycles. The minimum atomic E-state index is -0.268. The summed E-state index contributed by atoms with van der Waals surface area (Å²) < 4.78 is 11.3. The SMILES string of the molecule is CCCCOc1ccc(C(=O)NC(=S)NCCOC)cc1Br. The van der Waals surface area contributed by atoms with Crippen LogP contribution in [0.5, 0.6) is 5.75 Å². The van der Waals surface area contributed by atoms with Crippen LogP contribution in [0.25, 0.3) is 0 Å². The molecule has 0 saturated heterocycles. The number of carbonyl (C=O) groups is 1. The van der Waals surface area contributed by atoms with Gasteiger partial charge in [0.1, 0.15) is 5.75 Å². The third-order valence-corrected chi connectivity index (χ3v) is 3.63. The van der Waals surface area contributed by atoms with Crippen LogP contribution in [-0.2, 0) is 4.74 Å². The smallest absolute Gasteiger partial charge is 0.257 e. The Balaban J connectivity index is 2.55. The van der Waals surface area contributed by atoms with Crippen molar-refractivity contribution in [2.45, 2.75) is 19.8 Å². The van der Waals surface area contributed by atoms with Gasteiger partial charge in [-0.1, -0.05) is 13.3 Å². The highest BCUT2D eigenvalue weighted by Crippen LogP contribution is 2.26. The van der Waals surface area contributed by atoms with Gasteiger partial charge in [0, 0.05) is 19.2 Å². The number of nitrogens with one attached hydrogen (secondary N) is 2. The Morgan fingerprint density at radius 1 is 1.36 bits per heavy atom. The number of thiocarbonyl (C=S) groups is 1. The molecule has 0 radical (unpaired) electrons. The lowest BCUT2D eigenvalue weighted by Gasteiger charge is -2.11. The summed E-state index contributed by atoms with van der Waals surface area (Å²) in [7, 11) is 1.60. The lowest BCUT2D eigenvalue weighted by Crippen LogP contribution is -2.40. The van der Waals surface area contributed by atoms with Crippen molar-refractivity contribution in [2.75, 3.05) is 26.9 Å². The van der Waals surface area contributed by atoms with Crippen LogP contribution in [0.1, 0.15) is 30.1 Å². The molecule has 0 aliphatic carbocycles. The first-order valence-corrected chi connectivity index (χ1v) is 8.29. The van der Waals surface area contributed by atoms with Crippen molar-refractivity contribution in [3.63, 3.8) is 0 Å². The van der Waals surface area contributed by atoms with Gasteiger partial charge >= 0.3 is 0 Å². The van der Waals surface area contributed by atoms with Gasteiger partial charge in [-0.2, -0.15) is 0 Å². The van der Waals surface area contributed by atoms with Crippen molar-refractivity contribution in [3.05, 3.63) is 28.2 Å². The molecule has 0 fully saturated rings. The van der Waals surface area contributed by atoms with Gasteiger partial charge in [0.2, 0.25) is 0 Å². The van der Waals surface area contributed by atoms with Crippen LogP contribution in [-0.4, -0.2) is 37.9 Å². The van der Waals surface area contributed by atoms with E-state index in [4.69, 9.17) is 21.7 Å². The van der Waals surface area contributed by atoms with E-state index in [0.717, 1.165) is 23.1 Å². The number of ether oxygens (including phenoxy) is 2. The van der Waals surface area contributed by atoms with E-state index in [-0.39, 0.29) is 11.0 Å². The van der Waals surface area contributed by atoms with Crippen molar-refractivity contribution in [2.24, 2.45) is 0 Å². The highest BCUT2D eigenvalue weighted by atomic mass is 79.9. The predicted octanol–water partition coefficient (Wildman–Crippen LogP) is 2.88. The Bertz CT molecular complexity index is 512. The van der Waals surface area contributed by atoms with E-state index in [9.17, 15) is 4.79 Å². The van der Waals surface area contributed by atoms with Crippen molar-refractivity contribution in [1.29, 1.82) is 0 Å². The molecule has 5 nitrogen and oxygen atoms in total. The molecule has 1 aromatic rings. The van der Waals surface area contributed by atoms with Crippen molar-refractivity contribution in [1.82, 2.24) is 10.6 Å². The zero-order valence-electron chi connectivity index (χ0n) is 12.8. The van der Waals surface area contributed by atoms with Gasteiger partial charge in [-0.25, -0.2) is 0 Å². The standard InChI is InChI=1S/C15H21BrN2O3S/c1-3-4-8-21-13-6-5-11(10-12(13)16)14(19)18-15(22)17-7-9-20-2/h5-6,10H,3-4,7-9H2,1-2H3,(H2,17,18,19,22). The highest BCUT2D eigenvalue weighted by molar-refractivity contribution is 9.10. The average molecular weight is 389 g/mol. The fourth-order valence-corrected chi connectivity index (χ4v) is 2.26. The number of hydrogen-bond acceptors (Lipinski definition) is 4. The molecule has 0 atom stereocenters. The fourth-order valence-electron chi connectivity index (χ4n) is 1.57. The van der Waals surface area contributed by atoms with Crippen LogP contribution in [0.2, 0.25) is 0 Å². The second-order valence-electron chi connectivity index (χ2n) is 4.55. The maximum Gasteiger partial charge on any atom is 0.257 e. The van der Waals surface area contributed by atoms with Gasteiger partial charge in [-0.3, -0.25) is 10.1 Å². The Labute approximate surface area is 144 Å². The van der Waals surface area contributed by atoms with Gasteiger partial charge in [-0.15, -0.1) is 0 Å². The summed E-state index contributed by atoms with van der Waals surface area (Å²) in [5.41, 5.74) is 0.505. The molecule has 0 aliphatic rings. The summed E-state index contributed by atoms with van der Waals surface area (Å²) in [5.74, 6) is 0.460. The van der Waals surface area contributed by atoms with Crippen LogP contribution in [0.15, 0.2) is 22.7 Å². The first-order chi connectivity index (χ1) is 10.6. The maximum atomic E-state index is 12.1. The molecule has 0 spiro atoms. The minimum Gasteiger partial charge on any atom is -0.492 e. The normalized spacial score (nSPS) is 10.1. The van der Waals surface area contributed by atoms with E-state index in [2.05, 4.69) is 33.5 Å². The lowest BCUT2D eigenvalue weighted by atomic mass is 10.2. The first-order valence-electron chi connectivity index (χ1n) is 7.09. The molecule has 0 aromatic heterocycles. The van der Waals surface area contributed by atoms with Crippen molar-refractivity contribution < 1.29 is 14.3 Å². The van der Waals surface area contributed by atoms with Crippen molar-refractivity contribution in [3.8, 4) is 5.75 Å². The summed E-state index contributed by atoms with van der Waals surface area (Å²) in [6.45, 7) is 3.83. The highest BCUT2D eigenvalue weighted by Gasteiger charge is 2.10. The molecule has 22 heavy (non-hydrogen) atoms. The second-order valence-corrected chi connectivity index (χ2v) is 5.81. The molecule has 7 heteroatoms. The molecule has 122 valence electrons. The summed E-state index contributed by atoms with van der Waals surface area (Å²) in [6, 6.07) is 5.20. The summed E-state index contributed by atoms with van der Waals surface area (Å²) in [6.07, 6.45) is 2.07. The van der Waals surface area contributed by atoms with E-state index in [1.165, 1.54) is 0 Å². The third kappa shape index (κ3) is 6.72. The number of carbonyl (C=O) groups excluding carboxylic acids is 1. The molecule has 0 unspecified atom stereocenters. The van der Waals surface area contributed by atoms with E-state index >= 15 is 0 Å². The van der Waals surface area contributed by atoms with Crippen LogP contribution in [0, 0.1) is 0 Å². The third-order valence-electron chi connectivity index (χ3n) is 2.77. The van der Waals surface area contributed by atoms with E-state index in [1.807, 2.05) is 0 Å². The molecular weight excluding hydrogens is 368 g/mol. The maximum absolute atomic E-state index is 12.1. The summed E-state index contributed by atoms with van der Waals surface area (Å²) in [5, 5.41) is 5.78. The number of benzene rings is 1. The monoisotopic (exact) mass is 388 g/mol. The van der Waals surface area contributed by atoms with Gasteiger partial charge in [0.15, 0.2) is 5.11 Å². The molecule has 0 bridgehead atoms. The molecule has 0 heterocycles. The molecule has 1 rings (SSSR count). The van der Waals surface area contributed by atoms with E-state index in [0.29, 0.717) is 25.3 Å². The molecule has 0 aliphatic heterocycles. The zero-order valence-corrected chi connectivity index (χ0v) is 15.2. The topological polar surface area (TPSA) is 59.6 Å².